The largest absolute Gasteiger partial charge is 0.505 e. The zero-order valence-corrected chi connectivity index (χ0v) is 11.7. The van der Waals surface area contributed by atoms with Crippen LogP contribution in [0.5, 0.6) is 0 Å². The van der Waals surface area contributed by atoms with Crippen LogP contribution in [-0.4, -0.2) is 36.7 Å². The van der Waals surface area contributed by atoms with Gasteiger partial charge in [-0.25, -0.2) is 0 Å². The maximum Gasteiger partial charge on any atom is 0.505 e. The first-order valence-corrected chi connectivity index (χ1v) is 7.89. The summed E-state index contributed by atoms with van der Waals surface area (Å²) in [5.74, 6) is 0.602. The molecule has 0 aromatic carbocycles. The lowest BCUT2D eigenvalue weighted by Gasteiger charge is -2.38. The molecule has 0 heterocycles. The van der Waals surface area contributed by atoms with Gasteiger partial charge in [-0.05, 0) is 12.5 Å². The van der Waals surface area contributed by atoms with Crippen LogP contribution in [0.4, 0.5) is 0 Å². The third-order valence-electron chi connectivity index (χ3n) is 3.78. The van der Waals surface area contributed by atoms with Gasteiger partial charge >= 0.3 is 8.80 Å². The first-order valence-electron chi connectivity index (χ1n) is 6.09. The second kappa shape index (κ2) is 6.71. The van der Waals surface area contributed by atoms with Gasteiger partial charge in [0.05, 0.1) is 0 Å². The van der Waals surface area contributed by atoms with Crippen molar-refractivity contribution in [1.29, 1.82) is 0 Å². The summed E-state index contributed by atoms with van der Waals surface area (Å²) >= 11 is 0. The quantitative estimate of drug-likeness (QED) is 0.727. The molecule has 1 unspecified atom stereocenters. The molecule has 1 aliphatic carbocycles. The van der Waals surface area contributed by atoms with Crippen molar-refractivity contribution < 1.29 is 13.3 Å². The van der Waals surface area contributed by atoms with E-state index in [2.05, 4.69) is 0 Å². The molecule has 0 saturated heterocycles. The highest BCUT2D eigenvalue weighted by atomic mass is 28.4. The molecule has 0 aliphatic heterocycles. The molecule has 0 bridgehead atoms. The summed E-state index contributed by atoms with van der Waals surface area (Å²) in [6, 6.07) is 0. The Bertz CT molecular complexity index is 185. The number of hydrogen-bond acceptors (Lipinski definition) is 4. The van der Waals surface area contributed by atoms with Crippen LogP contribution in [0.25, 0.3) is 0 Å². The molecule has 0 spiro atoms. The van der Waals surface area contributed by atoms with Crippen molar-refractivity contribution in [2.45, 2.75) is 37.6 Å². The highest BCUT2D eigenvalue weighted by Crippen LogP contribution is 2.39. The Morgan fingerprint density at radius 3 is 1.94 bits per heavy atom. The lowest BCUT2D eigenvalue weighted by atomic mass is 9.86. The molecule has 16 heavy (non-hydrogen) atoms. The molecule has 0 amide bonds. The first-order chi connectivity index (χ1) is 7.74. The van der Waals surface area contributed by atoms with Crippen LogP contribution >= 0.6 is 0 Å². The molecule has 4 nitrogen and oxygen atoms in total. The van der Waals surface area contributed by atoms with Crippen LogP contribution in [0.1, 0.15) is 32.1 Å². The molecule has 0 aromatic rings. The van der Waals surface area contributed by atoms with E-state index in [4.69, 9.17) is 19.0 Å². The molecule has 1 fully saturated rings. The molecule has 1 saturated carbocycles. The standard InChI is InChI=1S/C11H25NO3Si/c1-13-16(14-2,15-3)11(9-12)10-7-5-4-6-8-10/h10-11H,4-9,12H2,1-3H3. The SMILES string of the molecule is CO[Si](OC)(OC)C(CN)C1CCCCC1. The van der Waals surface area contributed by atoms with Crippen molar-refractivity contribution >= 4 is 8.80 Å². The fourth-order valence-corrected chi connectivity index (χ4v) is 5.47. The molecular weight excluding hydrogens is 222 g/mol. The van der Waals surface area contributed by atoms with E-state index in [-0.39, 0.29) is 5.54 Å². The molecule has 0 radical (unpaired) electrons. The zero-order valence-electron chi connectivity index (χ0n) is 10.7. The van der Waals surface area contributed by atoms with E-state index in [1.807, 2.05) is 0 Å². The van der Waals surface area contributed by atoms with E-state index >= 15 is 0 Å². The summed E-state index contributed by atoms with van der Waals surface area (Å²) in [5.41, 5.74) is 6.15. The summed E-state index contributed by atoms with van der Waals surface area (Å²) < 4.78 is 16.7. The molecule has 0 aromatic heterocycles. The van der Waals surface area contributed by atoms with Crippen LogP contribution in [0.3, 0.4) is 0 Å². The Kier molecular flexibility index (Phi) is 5.92. The lowest BCUT2D eigenvalue weighted by Crippen LogP contribution is -2.52. The van der Waals surface area contributed by atoms with Gasteiger partial charge in [-0.2, -0.15) is 0 Å². The number of rotatable bonds is 6. The molecule has 96 valence electrons. The van der Waals surface area contributed by atoms with Gasteiger partial charge in [-0.15, -0.1) is 0 Å². The minimum absolute atomic E-state index is 0.243. The first kappa shape index (κ1) is 14.1. The van der Waals surface area contributed by atoms with Crippen molar-refractivity contribution in [1.82, 2.24) is 0 Å². The van der Waals surface area contributed by atoms with Crippen LogP contribution in [0.15, 0.2) is 0 Å². The summed E-state index contributed by atoms with van der Waals surface area (Å²) in [4.78, 5) is 0. The van der Waals surface area contributed by atoms with Gasteiger partial charge in [0, 0.05) is 26.9 Å². The summed E-state index contributed by atoms with van der Waals surface area (Å²) in [6.45, 7) is 0.590. The van der Waals surface area contributed by atoms with Gasteiger partial charge in [0.1, 0.15) is 0 Å². The van der Waals surface area contributed by atoms with Crippen LogP contribution < -0.4 is 5.73 Å². The van der Waals surface area contributed by atoms with Crippen LogP contribution in [-0.2, 0) is 13.3 Å². The normalized spacial score (nSPS) is 21.0. The van der Waals surface area contributed by atoms with Gasteiger partial charge < -0.3 is 19.0 Å². The summed E-state index contributed by atoms with van der Waals surface area (Å²) in [7, 11) is 2.45. The lowest BCUT2D eigenvalue weighted by molar-refractivity contribution is 0.0973. The van der Waals surface area contributed by atoms with Crippen molar-refractivity contribution in [2.75, 3.05) is 27.9 Å². The second-order valence-electron chi connectivity index (χ2n) is 4.46. The average Bonchev–Trinajstić information content (AvgIpc) is 2.37. The van der Waals surface area contributed by atoms with E-state index in [0.29, 0.717) is 12.5 Å². The van der Waals surface area contributed by atoms with Crippen LogP contribution in [0.2, 0.25) is 5.54 Å². The summed E-state index contributed by atoms with van der Waals surface area (Å²) in [5, 5.41) is 0. The molecular formula is C11H25NO3Si. The molecule has 1 rings (SSSR count). The van der Waals surface area contributed by atoms with E-state index < -0.39 is 8.80 Å². The van der Waals surface area contributed by atoms with Crippen molar-refractivity contribution in [3.8, 4) is 0 Å². The van der Waals surface area contributed by atoms with Gasteiger partial charge in [0.15, 0.2) is 0 Å². The predicted molar refractivity (Wildman–Crippen MR) is 66.2 cm³/mol. The average molecular weight is 247 g/mol. The topological polar surface area (TPSA) is 53.7 Å². The number of nitrogens with two attached hydrogens (primary N) is 1. The Balaban J connectivity index is 2.76. The van der Waals surface area contributed by atoms with Crippen molar-refractivity contribution in [3.05, 3.63) is 0 Å². The van der Waals surface area contributed by atoms with Gasteiger partial charge in [-0.1, -0.05) is 32.1 Å². The summed E-state index contributed by atoms with van der Waals surface area (Å²) in [6.07, 6.45) is 6.39. The Morgan fingerprint density at radius 2 is 1.56 bits per heavy atom. The fourth-order valence-electron chi connectivity index (χ4n) is 2.87. The van der Waals surface area contributed by atoms with E-state index in [9.17, 15) is 0 Å². The minimum Gasteiger partial charge on any atom is -0.377 e. The van der Waals surface area contributed by atoms with E-state index in [0.717, 1.165) is 0 Å². The minimum atomic E-state index is -2.56. The maximum atomic E-state index is 5.91. The third kappa shape index (κ3) is 2.84. The molecule has 1 atom stereocenters. The van der Waals surface area contributed by atoms with Crippen molar-refractivity contribution in [2.24, 2.45) is 11.7 Å². The molecule has 5 heteroatoms. The second-order valence-corrected chi connectivity index (χ2v) is 7.63. The van der Waals surface area contributed by atoms with Crippen molar-refractivity contribution in [3.63, 3.8) is 0 Å². The van der Waals surface area contributed by atoms with E-state index in [1.54, 1.807) is 21.3 Å². The smallest absolute Gasteiger partial charge is 0.377 e. The molecule has 1 aliphatic rings. The molecule has 2 N–H and O–H groups in total. The maximum absolute atomic E-state index is 5.91. The predicted octanol–water partition coefficient (Wildman–Crippen LogP) is 1.77. The highest BCUT2D eigenvalue weighted by Gasteiger charge is 2.50. The van der Waals surface area contributed by atoms with Gasteiger partial charge in [0.25, 0.3) is 0 Å². The monoisotopic (exact) mass is 247 g/mol. The number of hydrogen-bond donors (Lipinski definition) is 1. The zero-order chi connectivity index (χ0) is 12.0. The highest BCUT2D eigenvalue weighted by molar-refractivity contribution is 6.62. The third-order valence-corrected chi connectivity index (χ3v) is 7.10. The van der Waals surface area contributed by atoms with Gasteiger partial charge in [0.2, 0.25) is 0 Å². The van der Waals surface area contributed by atoms with E-state index in [1.165, 1.54) is 32.1 Å². The van der Waals surface area contributed by atoms with Crippen LogP contribution in [0, 0.1) is 5.92 Å². The Morgan fingerprint density at radius 1 is 1.06 bits per heavy atom. The van der Waals surface area contributed by atoms with Gasteiger partial charge in [-0.3, -0.25) is 0 Å². The Hall–Kier alpha value is 0.0569. The Labute approximate surface area is 99.8 Å². The fraction of sp³-hybridized carbons (Fsp3) is 1.00.